The van der Waals surface area contributed by atoms with Crippen LogP contribution in [0.5, 0.6) is 5.75 Å². The summed E-state index contributed by atoms with van der Waals surface area (Å²) >= 11 is 1.10. The van der Waals surface area contributed by atoms with E-state index >= 15 is 0 Å². The third-order valence-electron chi connectivity index (χ3n) is 3.70. The molecule has 0 amide bonds. The van der Waals surface area contributed by atoms with Gasteiger partial charge in [0.1, 0.15) is 4.21 Å². The molecule has 0 unspecified atom stereocenters. The summed E-state index contributed by atoms with van der Waals surface area (Å²) in [7, 11) is -2.48. The molecule has 0 bridgehead atoms. The van der Waals surface area contributed by atoms with Crippen molar-refractivity contribution < 1.29 is 17.5 Å². The van der Waals surface area contributed by atoms with Gasteiger partial charge in [-0.15, -0.1) is 11.3 Å². The van der Waals surface area contributed by atoms with E-state index in [9.17, 15) is 12.8 Å². The van der Waals surface area contributed by atoms with Gasteiger partial charge in [-0.05, 0) is 38.1 Å². The number of methoxy groups -OCH3 is 1. The number of sulfonamides is 1. The highest BCUT2D eigenvalue weighted by molar-refractivity contribution is 7.94. The molecule has 0 saturated carbocycles. The topological polar surface area (TPSA) is 73.2 Å². The van der Waals surface area contributed by atoms with Gasteiger partial charge in [-0.1, -0.05) is 0 Å². The molecule has 0 aliphatic rings. The minimum absolute atomic E-state index is 0.0494. The summed E-state index contributed by atoms with van der Waals surface area (Å²) in [5, 5.41) is 6.02. The molecule has 1 aromatic carbocycles. The number of rotatable bonds is 6. The van der Waals surface area contributed by atoms with Crippen LogP contribution in [-0.2, 0) is 10.0 Å². The maximum atomic E-state index is 13.8. The second-order valence-corrected chi connectivity index (χ2v) is 8.68. The van der Waals surface area contributed by atoms with Crippen LogP contribution >= 0.6 is 11.3 Å². The van der Waals surface area contributed by atoms with Crippen LogP contribution in [0.3, 0.4) is 0 Å². The fourth-order valence-electron chi connectivity index (χ4n) is 2.48. The molecule has 0 saturated heterocycles. The van der Waals surface area contributed by atoms with Gasteiger partial charge in [0.25, 0.3) is 10.0 Å². The molecule has 1 N–H and O–H groups in total. The minimum atomic E-state index is -3.82. The number of hydrogen-bond acceptors (Lipinski definition) is 5. The number of nitrogens with one attached hydrogen (secondary N) is 1. The zero-order valence-electron chi connectivity index (χ0n) is 14.4. The molecule has 0 spiro atoms. The Hall–Kier alpha value is -2.39. The fraction of sp³-hybridized carbons (Fsp3) is 0.235. The van der Waals surface area contributed by atoms with Crippen molar-refractivity contribution in [3.63, 3.8) is 0 Å². The van der Waals surface area contributed by atoms with Crippen molar-refractivity contribution in [1.82, 2.24) is 9.78 Å². The lowest BCUT2D eigenvalue weighted by Gasteiger charge is -2.09. The molecule has 26 heavy (non-hydrogen) atoms. The molecule has 3 rings (SSSR count). The summed E-state index contributed by atoms with van der Waals surface area (Å²) in [6.07, 6.45) is 1.68. The third kappa shape index (κ3) is 3.58. The summed E-state index contributed by atoms with van der Waals surface area (Å²) in [5.41, 5.74) is 1.74. The molecule has 6 nitrogen and oxygen atoms in total. The van der Waals surface area contributed by atoms with Crippen LogP contribution in [0.1, 0.15) is 19.9 Å². The van der Waals surface area contributed by atoms with E-state index in [1.807, 2.05) is 24.6 Å². The van der Waals surface area contributed by atoms with Crippen molar-refractivity contribution in [3.05, 3.63) is 47.7 Å². The largest absolute Gasteiger partial charge is 0.494 e. The second-order valence-electron chi connectivity index (χ2n) is 5.86. The van der Waals surface area contributed by atoms with Crippen LogP contribution < -0.4 is 9.46 Å². The number of benzene rings is 1. The first-order chi connectivity index (χ1) is 12.3. The Labute approximate surface area is 155 Å². The molecular formula is C17H18FN3O3S2. The molecular weight excluding hydrogens is 377 g/mol. The van der Waals surface area contributed by atoms with E-state index in [0.29, 0.717) is 0 Å². The highest BCUT2D eigenvalue weighted by Gasteiger charge is 2.20. The molecule has 0 atom stereocenters. The van der Waals surface area contributed by atoms with Crippen LogP contribution in [-0.4, -0.2) is 25.3 Å². The van der Waals surface area contributed by atoms with Crippen molar-refractivity contribution in [2.24, 2.45) is 0 Å². The number of anilines is 1. The van der Waals surface area contributed by atoms with Gasteiger partial charge in [0.2, 0.25) is 0 Å². The first-order valence-corrected chi connectivity index (χ1v) is 10.2. The number of hydrogen-bond donors (Lipinski definition) is 1. The molecule has 0 fully saturated rings. The van der Waals surface area contributed by atoms with Crippen molar-refractivity contribution in [2.75, 3.05) is 11.8 Å². The average Bonchev–Trinajstić information content (AvgIpc) is 3.24. The van der Waals surface area contributed by atoms with Gasteiger partial charge >= 0.3 is 0 Å². The van der Waals surface area contributed by atoms with Gasteiger partial charge in [0.05, 0.1) is 18.5 Å². The Balaban J connectivity index is 1.88. The zero-order chi connectivity index (χ0) is 18.9. The lowest BCUT2D eigenvalue weighted by atomic mass is 10.2. The van der Waals surface area contributed by atoms with Gasteiger partial charge in [-0.25, -0.2) is 12.8 Å². The first-order valence-electron chi connectivity index (χ1n) is 7.80. The van der Waals surface area contributed by atoms with Crippen molar-refractivity contribution in [1.29, 1.82) is 0 Å². The SMILES string of the molecule is COc1ccc(NS(=O)(=O)c2cc(-c3ccnn3C(C)C)cs2)cc1F. The Morgan fingerprint density at radius 3 is 2.69 bits per heavy atom. The highest BCUT2D eigenvalue weighted by atomic mass is 32.2. The van der Waals surface area contributed by atoms with Crippen molar-refractivity contribution >= 4 is 27.0 Å². The summed E-state index contributed by atoms with van der Waals surface area (Å²) in [6, 6.07) is 7.47. The van der Waals surface area contributed by atoms with Crippen molar-refractivity contribution in [2.45, 2.75) is 24.1 Å². The normalized spacial score (nSPS) is 11.7. The molecule has 9 heteroatoms. The van der Waals surface area contributed by atoms with E-state index in [1.165, 1.54) is 19.2 Å². The van der Waals surface area contributed by atoms with E-state index in [-0.39, 0.29) is 21.7 Å². The zero-order valence-corrected chi connectivity index (χ0v) is 16.1. The summed E-state index contributed by atoms with van der Waals surface area (Å²) in [5.74, 6) is -0.589. The third-order valence-corrected chi connectivity index (χ3v) is 6.52. The van der Waals surface area contributed by atoms with Gasteiger partial charge in [0.15, 0.2) is 11.6 Å². The lowest BCUT2D eigenvalue weighted by molar-refractivity contribution is 0.386. The quantitative estimate of drug-likeness (QED) is 0.681. The number of thiophene rings is 1. The Kier molecular flexibility index (Phi) is 5.01. The number of ether oxygens (including phenoxy) is 1. The Morgan fingerprint density at radius 2 is 2.04 bits per heavy atom. The summed E-state index contributed by atoms with van der Waals surface area (Å²) in [4.78, 5) is 0. The highest BCUT2D eigenvalue weighted by Crippen LogP contribution is 2.31. The van der Waals surface area contributed by atoms with Gasteiger partial charge < -0.3 is 4.74 Å². The molecule has 2 aromatic heterocycles. The Bertz CT molecular complexity index is 1030. The summed E-state index contributed by atoms with van der Waals surface area (Å²) < 4.78 is 48.1. The van der Waals surface area contributed by atoms with Crippen LogP contribution in [0.4, 0.5) is 10.1 Å². The molecule has 2 heterocycles. The van der Waals surface area contributed by atoms with Crippen LogP contribution in [0.2, 0.25) is 0 Å². The first kappa shape index (κ1) is 18.4. The molecule has 0 aliphatic carbocycles. The molecule has 0 radical (unpaired) electrons. The molecule has 0 aliphatic heterocycles. The van der Waals surface area contributed by atoms with Crippen molar-refractivity contribution in [3.8, 4) is 17.0 Å². The predicted molar refractivity (Wildman–Crippen MR) is 99.7 cm³/mol. The van der Waals surface area contributed by atoms with Gasteiger partial charge in [0, 0.05) is 29.2 Å². The predicted octanol–water partition coefficient (Wildman–Crippen LogP) is 4.14. The average molecular weight is 395 g/mol. The minimum Gasteiger partial charge on any atom is -0.494 e. The Morgan fingerprint density at radius 1 is 1.27 bits per heavy atom. The lowest BCUT2D eigenvalue weighted by Crippen LogP contribution is -2.11. The molecule has 138 valence electrons. The second kappa shape index (κ2) is 7.08. The van der Waals surface area contributed by atoms with Gasteiger partial charge in [-0.2, -0.15) is 5.10 Å². The van der Waals surface area contributed by atoms with E-state index in [1.54, 1.807) is 17.6 Å². The maximum Gasteiger partial charge on any atom is 0.271 e. The number of halogens is 1. The van der Waals surface area contributed by atoms with Crippen LogP contribution in [0, 0.1) is 5.82 Å². The van der Waals surface area contributed by atoms with E-state index < -0.39 is 15.8 Å². The number of nitrogens with zero attached hydrogens (tertiary/aromatic N) is 2. The standard InChI is InChI=1S/C17H18FN3O3S2/c1-11(2)21-15(6-7-19-21)12-8-17(25-10-12)26(22,23)20-13-4-5-16(24-3)14(18)9-13/h4-11,20H,1-3H3. The smallest absolute Gasteiger partial charge is 0.271 e. The van der Waals surface area contributed by atoms with E-state index in [2.05, 4.69) is 9.82 Å². The summed E-state index contributed by atoms with van der Waals surface area (Å²) in [6.45, 7) is 4.00. The fourth-order valence-corrected chi connectivity index (χ4v) is 4.70. The van der Waals surface area contributed by atoms with Gasteiger partial charge in [-0.3, -0.25) is 9.40 Å². The van der Waals surface area contributed by atoms with Crippen LogP contribution in [0.15, 0.2) is 46.1 Å². The molecule has 3 aromatic rings. The van der Waals surface area contributed by atoms with E-state index in [0.717, 1.165) is 28.7 Å². The number of aromatic nitrogens is 2. The maximum absolute atomic E-state index is 13.8. The van der Waals surface area contributed by atoms with E-state index in [4.69, 9.17) is 4.74 Å². The van der Waals surface area contributed by atoms with Crippen LogP contribution in [0.25, 0.3) is 11.3 Å². The monoisotopic (exact) mass is 395 g/mol.